The number of aromatic nitrogens is 4. The van der Waals surface area contributed by atoms with Crippen LogP contribution in [-0.2, 0) is 19.5 Å². The minimum Gasteiger partial charge on any atom is -0.388 e. The summed E-state index contributed by atoms with van der Waals surface area (Å²) in [6.45, 7) is 7.59. The van der Waals surface area contributed by atoms with Gasteiger partial charge in [-0.15, -0.1) is 0 Å². The fourth-order valence-electron chi connectivity index (χ4n) is 2.27. The topological polar surface area (TPSA) is 55.9 Å². The molecule has 0 aliphatic rings. The van der Waals surface area contributed by atoms with E-state index in [9.17, 15) is 5.11 Å². The van der Waals surface area contributed by atoms with Crippen LogP contribution in [0, 0.1) is 6.92 Å². The van der Waals surface area contributed by atoms with Gasteiger partial charge in [-0.05, 0) is 20.3 Å². The first-order valence-electron chi connectivity index (χ1n) is 6.99. The first-order valence-corrected chi connectivity index (χ1v) is 7.36. The van der Waals surface area contributed by atoms with Gasteiger partial charge in [0.2, 0.25) is 0 Å². The Balaban J connectivity index is 2.16. The predicted octanol–water partition coefficient (Wildman–Crippen LogP) is 2.75. The fourth-order valence-corrected chi connectivity index (χ4v) is 2.48. The van der Waals surface area contributed by atoms with Crippen molar-refractivity contribution in [2.24, 2.45) is 0 Å². The van der Waals surface area contributed by atoms with E-state index in [1.165, 1.54) is 0 Å². The van der Waals surface area contributed by atoms with Gasteiger partial charge in [0, 0.05) is 31.3 Å². The number of rotatable bonds is 6. The normalized spacial score (nSPS) is 12.8. The van der Waals surface area contributed by atoms with Crippen molar-refractivity contribution in [3.05, 3.63) is 34.4 Å². The van der Waals surface area contributed by atoms with E-state index in [4.69, 9.17) is 11.6 Å². The Morgan fingerprint density at radius 3 is 2.80 bits per heavy atom. The van der Waals surface area contributed by atoms with Gasteiger partial charge < -0.3 is 5.11 Å². The molecule has 0 aromatic carbocycles. The smallest absolute Gasteiger partial charge is 0.0876 e. The Kier molecular flexibility index (Phi) is 4.83. The van der Waals surface area contributed by atoms with Crippen LogP contribution in [-0.4, -0.2) is 24.7 Å². The third kappa shape index (κ3) is 3.04. The molecule has 2 heterocycles. The lowest BCUT2D eigenvalue weighted by Crippen LogP contribution is -2.08. The van der Waals surface area contributed by atoms with Crippen LogP contribution in [0.2, 0.25) is 5.02 Å². The summed E-state index contributed by atoms with van der Waals surface area (Å²) < 4.78 is 3.69. The molecular formula is C14H21ClN4O. The highest BCUT2D eigenvalue weighted by Gasteiger charge is 2.18. The van der Waals surface area contributed by atoms with Crippen molar-refractivity contribution < 1.29 is 5.11 Å². The largest absolute Gasteiger partial charge is 0.388 e. The van der Waals surface area contributed by atoms with Crippen molar-refractivity contribution in [1.82, 2.24) is 19.6 Å². The number of hydrogen-bond acceptors (Lipinski definition) is 3. The number of aliphatic hydroxyl groups excluding tert-OH is 1. The average Bonchev–Trinajstić information content (AvgIpc) is 2.99. The van der Waals surface area contributed by atoms with E-state index < -0.39 is 6.10 Å². The quantitative estimate of drug-likeness (QED) is 0.892. The lowest BCUT2D eigenvalue weighted by atomic mass is 10.1. The molecule has 5 nitrogen and oxygen atoms in total. The van der Waals surface area contributed by atoms with E-state index in [2.05, 4.69) is 17.1 Å². The van der Waals surface area contributed by atoms with Crippen molar-refractivity contribution in [2.75, 3.05) is 0 Å². The molecule has 0 saturated carbocycles. The molecule has 1 atom stereocenters. The van der Waals surface area contributed by atoms with Crippen LogP contribution in [0.5, 0.6) is 0 Å². The summed E-state index contributed by atoms with van der Waals surface area (Å²) in [6.07, 6.45) is 4.46. The van der Waals surface area contributed by atoms with Crippen LogP contribution in [0.15, 0.2) is 12.4 Å². The van der Waals surface area contributed by atoms with E-state index in [-0.39, 0.29) is 0 Å². The zero-order chi connectivity index (χ0) is 14.7. The lowest BCUT2D eigenvalue weighted by Gasteiger charge is -2.10. The zero-order valence-electron chi connectivity index (χ0n) is 12.2. The van der Waals surface area contributed by atoms with Crippen LogP contribution in [0.25, 0.3) is 0 Å². The summed E-state index contributed by atoms with van der Waals surface area (Å²) >= 11 is 6.26. The second-order valence-electron chi connectivity index (χ2n) is 4.92. The van der Waals surface area contributed by atoms with Gasteiger partial charge in [0.25, 0.3) is 0 Å². The summed E-state index contributed by atoms with van der Waals surface area (Å²) in [7, 11) is 0. The van der Waals surface area contributed by atoms with Gasteiger partial charge in [-0.25, -0.2) is 0 Å². The van der Waals surface area contributed by atoms with Crippen molar-refractivity contribution in [1.29, 1.82) is 0 Å². The molecule has 0 aliphatic carbocycles. The van der Waals surface area contributed by atoms with Crippen LogP contribution < -0.4 is 0 Å². The van der Waals surface area contributed by atoms with Gasteiger partial charge in [-0.1, -0.05) is 18.5 Å². The van der Waals surface area contributed by atoms with Gasteiger partial charge in [-0.2, -0.15) is 10.2 Å². The molecule has 20 heavy (non-hydrogen) atoms. The average molecular weight is 297 g/mol. The maximum absolute atomic E-state index is 10.4. The summed E-state index contributed by atoms with van der Waals surface area (Å²) in [5.74, 6) is 0. The molecule has 0 aliphatic heterocycles. The molecule has 2 aromatic heterocycles. The molecule has 0 amide bonds. The number of aryl methyl sites for hydroxylation is 3. The van der Waals surface area contributed by atoms with Crippen LogP contribution in [0.1, 0.15) is 43.3 Å². The molecule has 0 fully saturated rings. The monoisotopic (exact) mass is 296 g/mol. The third-order valence-corrected chi connectivity index (χ3v) is 3.82. The highest BCUT2D eigenvalue weighted by Crippen LogP contribution is 2.26. The fraction of sp³-hybridized carbons (Fsp3) is 0.571. The number of halogens is 1. The van der Waals surface area contributed by atoms with Crippen LogP contribution >= 0.6 is 11.6 Å². The molecule has 0 saturated heterocycles. The van der Waals surface area contributed by atoms with Gasteiger partial charge in [-0.3, -0.25) is 9.36 Å². The first-order chi connectivity index (χ1) is 9.56. The molecule has 110 valence electrons. The second-order valence-corrected chi connectivity index (χ2v) is 5.30. The summed E-state index contributed by atoms with van der Waals surface area (Å²) in [4.78, 5) is 0. The van der Waals surface area contributed by atoms with Crippen molar-refractivity contribution in [2.45, 2.75) is 52.8 Å². The predicted molar refractivity (Wildman–Crippen MR) is 78.8 cm³/mol. The highest BCUT2D eigenvalue weighted by atomic mass is 35.5. The number of aliphatic hydroxyl groups is 1. The Morgan fingerprint density at radius 2 is 2.15 bits per heavy atom. The molecule has 6 heteroatoms. The molecule has 0 radical (unpaired) electrons. The summed E-state index contributed by atoms with van der Waals surface area (Å²) in [5.41, 5.74) is 2.50. The molecule has 2 aromatic rings. The zero-order valence-corrected chi connectivity index (χ0v) is 12.9. The molecule has 1 N–H and O–H groups in total. The van der Waals surface area contributed by atoms with E-state index >= 15 is 0 Å². The van der Waals surface area contributed by atoms with Crippen LogP contribution in [0.4, 0.5) is 0 Å². The molecule has 1 unspecified atom stereocenters. The van der Waals surface area contributed by atoms with Crippen LogP contribution in [0.3, 0.4) is 0 Å². The van der Waals surface area contributed by atoms with Gasteiger partial charge >= 0.3 is 0 Å². The van der Waals surface area contributed by atoms with Gasteiger partial charge in [0.05, 0.1) is 28.7 Å². The maximum Gasteiger partial charge on any atom is 0.0876 e. The van der Waals surface area contributed by atoms with Crippen molar-refractivity contribution >= 4 is 11.6 Å². The Hall–Kier alpha value is -1.33. The second kappa shape index (κ2) is 6.41. The number of nitrogens with zero attached hydrogens (tertiary/aromatic N) is 4. The molecule has 2 rings (SSSR count). The SMILES string of the molecule is CCCn1cc(C(O)Cc2c(Cl)c(C)nn2CC)cn1. The Bertz CT molecular complexity index is 576. The Morgan fingerprint density at radius 1 is 1.40 bits per heavy atom. The number of hydrogen-bond donors (Lipinski definition) is 1. The maximum atomic E-state index is 10.4. The van der Waals surface area contributed by atoms with E-state index in [0.717, 1.165) is 36.5 Å². The Labute approximate surface area is 124 Å². The van der Waals surface area contributed by atoms with Crippen molar-refractivity contribution in [3.8, 4) is 0 Å². The van der Waals surface area contributed by atoms with E-state index in [1.807, 2.05) is 29.4 Å². The van der Waals surface area contributed by atoms with E-state index in [0.29, 0.717) is 11.4 Å². The lowest BCUT2D eigenvalue weighted by molar-refractivity contribution is 0.175. The van der Waals surface area contributed by atoms with Crippen molar-refractivity contribution in [3.63, 3.8) is 0 Å². The van der Waals surface area contributed by atoms with Gasteiger partial charge in [0.1, 0.15) is 0 Å². The molecular weight excluding hydrogens is 276 g/mol. The highest BCUT2D eigenvalue weighted by molar-refractivity contribution is 6.31. The molecule has 0 spiro atoms. The first kappa shape index (κ1) is 15.1. The third-order valence-electron chi connectivity index (χ3n) is 3.33. The minimum atomic E-state index is -0.612. The summed E-state index contributed by atoms with van der Waals surface area (Å²) in [5, 5.41) is 19.6. The van der Waals surface area contributed by atoms with Gasteiger partial charge in [0.15, 0.2) is 0 Å². The molecule has 0 bridgehead atoms. The standard InChI is InChI=1S/C14H21ClN4O/c1-4-6-18-9-11(8-16-18)13(20)7-12-14(15)10(3)17-19(12)5-2/h8-9,13,20H,4-7H2,1-3H3. The minimum absolute atomic E-state index is 0.450. The van der Waals surface area contributed by atoms with E-state index in [1.54, 1.807) is 6.20 Å². The summed E-state index contributed by atoms with van der Waals surface area (Å²) in [6, 6.07) is 0.